The van der Waals surface area contributed by atoms with E-state index in [0.717, 1.165) is 31.3 Å². The van der Waals surface area contributed by atoms with Gasteiger partial charge in [0.15, 0.2) is 5.75 Å². The van der Waals surface area contributed by atoms with E-state index in [-0.39, 0.29) is 6.42 Å². The predicted molar refractivity (Wildman–Crippen MR) is 120 cm³/mol. The lowest BCUT2D eigenvalue weighted by molar-refractivity contribution is -0.136. The van der Waals surface area contributed by atoms with Crippen molar-refractivity contribution in [1.29, 1.82) is 0 Å². The summed E-state index contributed by atoms with van der Waals surface area (Å²) in [4.78, 5) is 10.7. The Kier molecular flexibility index (Phi) is 7.45. The van der Waals surface area contributed by atoms with Crippen molar-refractivity contribution in [1.82, 2.24) is 0 Å². The van der Waals surface area contributed by atoms with Crippen LogP contribution < -0.4 is 4.74 Å². The Morgan fingerprint density at radius 1 is 0.955 bits per heavy atom. The summed E-state index contributed by atoms with van der Waals surface area (Å²) in [5.74, 6) is 0.849. The minimum absolute atomic E-state index is 0.140. The highest BCUT2D eigenvalue weighted by atomic mass is 127. The Morgan fingerprint density at radius 3 is 2.00 bits per heavy atom. The fourth-order valence-electron chi connectivity index (χ4n) is 1.81. The summed E-state index contributed by atoms with van der Waals surface area (Å²) in [5, 5.41) is 8.78. The number of hydrogen-bond donors (Lipinski definition) is 1. The summed E-state index contributed by atoms with van der Waals surface area (Å²) in [5.41, 5.74) is 1.01. The Hall–Kier alpha value is 0.630. The molecule has 2 rings (SSSR count). The number of ether oxygens (including phenoxy) is 1. The third-order valence-electron chi connectivity index (χ3n) is 2.74. The van der Waals surface area contributed by atoms with E-state index in [1.165, 1.54) is 0 Å². The largest absolute Gasteiger partial charge is 0.481 e. The minimum Gasteiger partial charge on any atom is -0.481 e. The van der Waals surface area contributed by atoms with Gasteiger partial charge in [-0.2, -0.15) is 0 Å². The first-order valence-electron chi connectivity index (χ1n) is 6.19. The lowest BCUT2D eigenvalue weighted by atomic mass is 10.1. The second-order valence-electron chi connectivity index (χ2n) is 4.49. The molecule has 0 saturated heterocycles. The van der Waals surface area contributed by atoms with Gasteiger partial charge in [0.25, 0.3) is 0 Å². The SMILES string of the molecule is O=C(O)CCc1cc(I)c(Oc2cc(I)cc(I)c2)c(I)c1. The first-order valence-corrected chi connectivity index (χ1v) is 10.5. The van der Waals surface area contributed by atoms with Crippen LogP contribution in [0.15, 0.2) is 30.3 Å². The van der Waals surface area contributed by atoms with Crippen LogP contribution in [0.2, 0.25) is 0 Å². The number of carboxylic acids is 1. The molecule has 0 atom stereocenters. The van der Waals surface area contributed by atoms with E-state index >= 15 is 0 Å². The zero-order chi connectivity index (χ0) is 16.3. The lowest BCUT2D eigenvalue weighted by Gasteiger charge is -2.12. The first-order chi connectivity index (χ1) is 10.3. The van der Waals surface area contributed by atoms with E-state index in [1.807, 2.05) is 24.3 Å². The summed E-state index contributed by atoms with van der Waals surface area (Å²) in [6.45, 7) is 0. The fourth-order valence-corrected chi connectivity index (χ4v) is 5.81. The van der Waals surface area contributed by atoms with E-state index in [9.17, 15) is 4.79 Å². The molecule has 0 aliphatic heterocycles. The zero-order valence-corrected chi connectivity index (χ0v) is 19.7. The molecule has 0 fully saturated rings. The molecule has 0 saturated carbocycles. The molecular formula is C15H10I4O3. The predicted octanol–water partition coefficient (Wildman–Crippen LogP) is 5.91. The number of carboxylic acid groups (broad SMARTS) is 1. The standard InChI is InChI=1S/C15H10I4O3/c16-9-5-10(17)7-11(6-9)22-15-12(18)3-8(4-13(15)19)1-2-14(20)21/h3-7H,1-2H2,(H,20,21). The summed E-state index contributed by atoms with van der Waals surface area (Å²) in [6, 6.07) is 10.0. The molecule has 0 spiro atoms. The third-order valence-corrected chi connectivity index (χ3v) is 5.59. The monoisotopic (exact) mass is 746 g/mol. The Bertz CT molecular complexity index is 673. The Morgan fingerprint density at radius 2 is 1.50 bits per heavy atom. The average molecular weight is 746 g/mol. The van der Waals surface area contributed by atoms with Crippen LogP contribution in [0.25, 0.3) is 0 Å². The molecule has 0 aliphatic carbocycles. The van der Waals surface area contributed by atoms with Gasteiger partial charge in [-0.15, -0.1) is 0 Å². The molecule has 3 nitrogen and oxygen atoms in total. The molecule has 0 radical (unpaired) electrons. The molecule has 0 amide bonds. The van der Waals surface area contributed by atoms with E-state index < -0.39 is 5.97 Å². The third kappa shape index (κ3) is 5.61. The highest BCUT2D eigenvalue weighted by molar-refractivity contribution is 14.1. The van der Waals surface area contributed by atoms with Crippen LogP contribution in [-0.4, -0.2) is 11.1 Å². The Balaban J connectivity index is 2.26. The van der Waals surface area contributed by atoms with E-state index in [2.05, 4.69) is 96.4 Å². The average Bonchev–Trinajstić information content (AvgIpc) is 2.39. The molecule has 116 valence electrons. The van der Waals surface area contributed by atoms with Crippen molar-refractivity contribution in [2.75, 3.05) is 0 Å². The topological polar surface area (TPSA) is 46.5 Å². The Labute approximate surface area is 183 Å². The van der Waals surface area contributed by atoms with Crippen LogP contribution in [0, 0.1) is 14.3 Å². The quantitative estimate of drug-likeness (QED) is 0.388. The molecule has 0 unspecified atom stereocenters. The van der Waals surface area contributed by atoms with Crippen molar-refractivity contribution in [3.63, 3.8) is 0 Å². The minimum atomic E-state index is -0.779. The highest BCUT2D eigenvalue weighted by Gasteiger charge is 2.11. The smallest absolute Gasteiger partial charge is 0.303 e. The number of benzene rings is 2. The van der Waals surface area contributed by atoms with E-state index in [1.54, 1.807) is 0 Å². The summed E-state index contributed by atoms with van der Waals surface area (Å²) in [7, 11) is 0. The van der Waals surface area contributed by atoms with Gasteiger partial charge in [-0.3, -0.25) is 4.79 Å². The van der Waals surface area contributed by atoms with Crippen LogP contribution in [0.5, 0.6) is 11.5 Å². The molecule has 2 aromatic rings. The van der Waals surface area contributed by atoms with E-state index in [0.29, 0.717) is 6.42 Å². The molecule has 7 heteroatoms. The van der Waals surface area contributed by atoms with Crippen LogP contribution in [0.3, 0.4) is 0 Å². The molecule has 0 heterocycles. The van der Waals surface area contributed by atoms with Crippen molar-refractivity contribution in [3.8, 4) is 11.5 Å². The normalized spacial score (nSPS) is 10.5. The number of aryl methyl sites for hydroxylation is 1. The zero-order valence-electron chi connectivity index (χ0n) is 11.1. The molecular weight excluding hydrogens is 736 g/mol. The summed E-state index contributed by atoms with van der Waals surface area (Å²) < 4.78 is 10.3. The van der Waals surface area contributed by atoms with Crippen molar-refractivity contribution >= 4 is 96.3 Å². The van der Waals surface area contributed by atoms with Crippen molar-refractivity contribution < 1.29 is 14.6 Å². The fraction of sp³-hybridized carbons (Fsp3) is 0.133. The second-order valence-corrected chi connectivity index (χ2v) is 9.31. The van der Waals surface area contributed by atoms with Gasteiger partial charge in [-0.05, 0) is 133 Å². The molecule has 2 aromatic carbocycles. The van der Waals surface area contributed by atoms with Crippen LogP contribution >= 0.6 is 90.4 Å². The maximum Gasteiger partial charge on any atom is 0.303 e. The van der Waals surface area contributed by atoms with Gasteiger partial charge >= 0.3 is 5.97 Å². The highest BCUT2D eigenvalue weighted by Crippen LogP contribution is 2.34. The molecule has 0 aliphatic rings. The van der Waals surface area contributed by atoms with Gasteiger partial charge < -0.3 is 9.84 Å². The summed E-state index contributed by atoms with van der Waals surface area (Å²) in [6.07, 6.45) is 0.671. The second kappa shape index (κ2) is 8.65. The van der Waals surface area contributed by atoms with Crippen LogP contribution in [0.4, 0.5) is 0 Å². The maximum absolute atomic E-state index is 10.7. The van der Waals surface area contributed by atoms with Crippen LogP contribution in [-0.2, 0) is 11.2 Å². The number of rotatable bonds is 5. The van der Waals surface area contributed by atoms with Crippen LogP contribution in [0.1, 0.15) is 12.0 Å². The van der Waals surface area contributed by atoms with Crippen molar-refractivity contribution in [3.05, 3.63) is 50.2 Å². The number of carbonyl (C=O) groups is 1. The molecule has 1 N–H and O–H groups in total. The van der Waals surface area contributed by atoms with Gasteiger partial charge in [0, 0.05) is 13.6 Å². The maximum atomic E-state index is 10.7. The van der Waals surface area contributed by atoms with Gasteiger partial charge in [0.2, 0.25) is 0 Å². The molecule has 0 bridgehead atoms. The van der Waals surface area contributed by atoms with E-state index in [4.69, 9.17) is 9.84 Å². The molecule has 0 aromatic heterocycles. The number of halogens is 4. The van der Waals surface area contributed by atoms with Gasteiger partial charge in [-0.25, -0.2) is 0 Å². The molecule has 22 heavy (non-hydrogen) atoms. The van der Waals surface area contributed by atoms with Gasteiger partial charge in [-0.1, -0.05) is 0 Å². The van der Waals surface area contributed by atoms with Crippen molar-refractivity contribution in [2.45, 2.75) is 12.8 Å². The number of hydrogen-bond acceptors (Lipinski definition) is 2. The first kappa shape index (κ1) is 19.0. The van der Waals surface area contributed by atoms with Gasteiger partial charge in [0.05, 0.1) is 7.14 Å². The van der Waals surface area contributed by atoms with Crippen molar-refractivity contribution in [2.24, 2.45) is 0 Å². The van der Waals surface area contributed by atoms with Gasteiger partial charge in [0.1, 0.15) is 5.75 Å². The number of aliphatic carboxylic acids is 1. The summed E-state index contributed by atoms with van der Waals surface area (Å²) >= 11 is 9.00. The lowest BCUT2D eigenvalue weighted by Crippen LogP contribution is -1.99.